The molecule has 0 aliphatic carbocycles. The van der Waals surface area contributed by atoms with E-state index in [9.17, 15) is 46.4 Å². The molecule has 0 amide bonds. The maximum absolute atomic E-state index is 12.1. The van der Waals surface area contributed by atoms with E-state index in [-0.39, 0.29) is 44.3 Å². The number of phenolic OH excluding ortho intramolecular Hbond substituents is 4. The van der Waals surface area contributed by atoms with Crippen molar-refractivity contribution in [3.8, 4) is 34.1 Å². The van der Waals surface area contributed by atoms with Gasteiger partial charge in [-0.25, -0.2) is 0 Å². The molecule has 0 fully saturated rings. The van der Waals surface area contributed by atoms with Crippen molar-refractivity contribution in [2.45, 2.75) is 9.79 Å². The van der Waals surface area contributed by atoms with Crippen molar-refractivity contribution < 1.29 is 46.4 Å². The number of hydrogen-bond donors (Lipinski definition) is 8. The van der Waals surface area contributed by atoms with E-state index in [2.05, 4.69) is 20.5 Å². The Morgan fingerprint density at radius 3 is 1.20 bits per heavy atom. The molecule has 6 rings (SSSR count). The van der Waals surface area contributed by atoms with Crippen LogP contribution < -0.4 is 11.5 Å². The van der Waals surface area contributed by atoms with Gasteiger partial charge in [-0.15, -0.1) is 20.5 Å². The van der Waals surface area contributed by atoms with Gasteiger partial charge >= 0.3 is 0 Å². The van der Waals surface area contributed by atoms with Crippen molar-refractivity contribution in [2.24, 2.45) is 20.5 Å². The predicted molar refractivity (Wildman–Crippen MR) is 183 cm³/mol. The summed E-state index contributed by atoms with van der Waals surface area (Å²) in [6.07, 6.45) is 0. The molecule has 0 saturated heterocycles. The molecule has 10 N–H and O–H groups in total. The second kappa shape index (κ2) is 12.3. The fourth-order valence-electron chi connectivity index (χ4n) is 5.11. The Hall–Kier alpha value is -6.34. The fourth-order valence-corrected chi connectivity index (χ4v) is 6.43. The number of benzene rings is 6. The molecule has 0 saturated carbocycles. The molecular formula is C32H24N6O10S2. The molecule has 6 aromatic rings. The first-order valence-electron chi connectivity index (χ1n) is 14.1. The van der Waals surface area contributed by atoms with Gasteiger partial charge in [0.2, 0.25) is 0 Å². The van der Waals surface area contributed by atoms with Crippen molar-refractivity contribution >= 4 is 75.9 Å². The minimum Gasteiger partial charge on any atom is -0.506 e. The highest BCUT2D eigenvalue weighted by atomic mass is 32.2. The highest BCUT2D eigenvalue weighted by Crippen LogP contribution is 2.45. The minimum absolute atomic E-state index is 0.144. The number of nitrogens with two attached hydrogens (primary N) is 2. The molecule has 18 heteroatoms. The van der Waals surface area contributed by atoms with Gasteiger partial charge < -0.3 is 31.9 Å². The average Bonchev–Trinajstić information content (AvgIpc) is 3.03. The van der Waals surface area contributed by atoms with Crippen LogP contribution in [0.25, 0.3) is 32.7 Å². The van der Waals surface area contributed by atoms with Crippen LogP contribution in [0.15, 0.2) is 115 Å². The van der Waals surface area contributed by atoms with Crippen molar-refractivity contribution in [1.29, 1.82) is 0 Å². The van der Waals surface area contributed by atoms with Crippen LogP contribution in [0.4, 0.5) is 34.1 Å². The van der Waals surface area contributed by atoms with E-state index in [0.29, 0.717) is 11.1 Å². The van der Waals surface area contributed by atoms with E-state index in [1.54, 1.807) is 0 Å². The molecule has 0 aliphatic heterocycles. The van der Waals surface area contributed by atoms with Gasteiger partial charge in [0, 0.05) is 22.1 Å². The van der Waals surface area contributed by atoms with Crippen molar-refractivity contribution in [2.75, 3.05) is 11.5 Å². The number of rotatable bonds is 7. The van der Waals surface area contributed by atoms with E-state index in [4.69, 9.17) is 11.5 Å². The van der Waals surface area contributed by atoms with Crippen molar-refractivity contribution in [3.05, 3.63) is 84.9 Å². The van der Waals surface area contributed by atoms with E-state index < -0.39 is 64.4 Å². The zero-order chi connectivity index (χ0) is 36.1. The summed E-state index contributed by atoms with van der Waals surface area (Å²) in [4.78, 5) is -1.48. The number of fused-ring (bicyclic) bond motifs is 2. The van der Waals surface area contributed by atoms with Gasteiger partial charge in [-0.05, 0) is 94.7 Å². The van der Waals surface area contributed by atoms with Crippen LogP contribution in [0.1, 0.15) is 0 Å². The lowest BCUT2D eigenvalue weighted by molar-refractivity contribution is 0.471. The largest absolute Gasteiger partial charge is 0.506 e. The number of anilines is 2. The summed E-state index contributed by atoms with van der Waals surface area (Å²) in [6, 6.07) is 18.9. The first kappa shape index (κ1) is 33.6. The predicted octanol–water partition coefficient (Wildman–Crippen LogP) is 6.97. The van der Waals surface area contributed by atoms with Gasteiger partial charge in [0.25, 0.3) is 20.2 Å². The normalized spacial score (nSPS) is 12.4. The maximum Gasteiger partial charge on any atom is 0.296 e. The third-order valence-electron chi connectivity index (χ3n) is 7.51. The minimum atomic E-state index is -4.88. The molecule has 0 spiro atoms. The van der Waals surface area contributed by atoms with Crippen LogP contribution in [0.2, 0.25) is 0 Å². The number of aromatic hydroxyl groups is 4. The van der Waals surface area contributed by atoms with Gasteiger partial charge in [-0.3, -0.25) is 9.11 Å². The second-order valence-electron chi connectivity index (χ2n) is 10.9. The molecular weight excluding hydrogens is 693 g/mol. The summed E-state index contributed by atoms with van der Waals surface area (Å²) in [6.45, 7) is 0. The second-order valence-corrected chi connectivity index (χ2v) is 13.6. The lowest BCUT2D eigenvalue weighted by Crippen LogP contribution is -1.99. The standard InChI is InChI=1S/C32H24N6O10S2/c33-19-3-5-21-17(9-19)13-27(49(43,44)45)29(31(21)41)37-35-23-7-1-15(11-25(23)39)16-2-8-24(26(40)12-16)36-38-30-28(50(46,47)48)14-18-10-20(34)4-6-22(18)32(30)42/h1-14,39-42H,33-34H2,(H,43,44,45)(H,46,47,48). The molecule has 0 aliphatic rings. The van der Waals surface area contributed by atoms with Crippen molar-refractivity contribution in [1.82, 2.24) is 0 Å². The molecule has 0 radical (unpaired) electrons. The Balaban J connectivity index is 1.31. The van der Waals surface area contributed by atoms with Crippen LogP contribution >= 0.6 is 0 Å². The highest BCUT2D eigenvalue weighted by molar-refractivity contribution is 7.86. The van der Waals surface area contributed by atoms with Crippen LogP contribution in [0.5, 0.6) is 23.0 Å². The van der Waals surface area contributed by atoms with Gasteiger partial charge in [-0.2, -0.15) is 16.8 Å². The highest BCUT2D eigenvalue weighted by Gasteiger charge is 2.24. The van der Waals surface area contributed by atoms with Crippen LogP contribution in [-0.4, -0.2) is 46.4 Å². The Kier molecular flexibility index (Phi) is 8.24. The third kappa shape index (κ3) is 6.41. The van der Waals surface area contributed by atoms with E-state index in [1.807, 2.05) is 0 Å². The summed E-state index contributed by atoms with van der Waals surface area (Å²) < 4.78 is 67.9. The summed E-state index contributed by atoms with van der Waals surface area (Å²) in [5.41, 5.74) is 11.4. The lowest BCUT2D eigenvalue weighted by atomic mass is 10.0. The number of nitrogens with zero attached hydrogens (tertiary/aromatic N) is 4. The van der Waals surface area contributed by atoms with Gasteiger partial charge in [-0.1, -0.05) is 12.1 Å². The van der Waals surface area contributed by atoms with Gasteiger partial charge in [0.15, 0.2) is 11.5 Å². The average molecular weight is 717 g/mol. The van der Waals surface area contributed by atoms with Crippen molar-refractivity contribution in [3.63, 3.8) is 0 Å². The fraction of sp³-hybridized carbons (Fsp3) is 0. The smallest absolute Gasteiger partial charge is 0.296 e. The zero-order valence-electron chi connectivity index (χ0n) is 25.2. The molecule has 0 heterocycles. The Labute approximate surface area is 282 Å². The zero-order valence-corrected chi connectivity index (χ0v) is 26.8. The van der Waals surface area contributed by atoms with E-state index in [1.165, 1.54) is 72.8 Å². The summed E-state index contributed by atoms with van der Waals surface area (Å²) in [5.74, 6) is -2.06. The molecule has 0 atom stereocenters. The Morgan fingerprint density at radius 1 is 0.480 bits per heavy atom. The number of phenols is 4. The number of hydrogen-bond acceptors (Lipinski definition) is 14. The quantitative estimate of drug-likeness (QED) is 0.0472. The van der Waals surface area contributed by atoms with E-state index in [0.717, 1.165) is 12.1 Å². The molecule has 254 valence electrons. The van der Waals surface area contributed by atoms with Gasteiger partial charge in [0.05, 0.1) is 0 Å². The van der Waals surface area contributed by atoms with Crippen LogP contribution in [0, 0.1) is 0 Å². The summed E-state index contributed by atoms with van der Waals surface area (Å²) >= 11 is 0. The lowest BCUT2D eigenvalue weighted by Gasteiger charge is -2.10. The van der Waals surface area contributed by atoms with Gasteiger partial charge in [0.1, 0.15) is 44.0 Å². The molecule has 0 unspecified atom stereocenters. The number of azo groups is 2. The first-order chi connectivity index (χ1) is 23.5. The summed E-state index contributed by atoms with van der Waals surface area (Å²) in [7, 11) is -9.75. The molecule has 16 nitrogen and oxygen atoms in total. The van der Waals surface area contributed by atoms with Crippen LogP contribution in [-0.2, 0) is 20.2 Å². The van der Waals surface area contributed by atoms with Crippen LogP contribution in [0.3, 0.4) is 0 Å². The topological polar surface area (TPSA) is 291 Å². The molecule has 0 aromatic heterocycles. The monoisotopic (exact) mass is 716 g/mol. The Morgan fingerprint density at radius 2 is 0.860 bits per heavy atom. The SMILES string of the molecule is Nc1ccc2c(O)c(N=Nc3ccc(-c4ccc(N=Nc5c(S(=O)(=O)O)cc6cc(N)ccc6c5O)c(O)c4)cc3O)c(S(=O)(=O)O)cc2c1. The maximum atomic E-state index is 12.1. The Bertz CT molecular complexity index is 2500. The summed E-state index contributed by atoms with van der Waals surface area (Å²) in [5, 5.41) is 59.0. The molecule has 0 bridgehead atoms. The number of nitrogen functional groups attached to an aromatic ring is 2. The first-order valence-corrected chi connectivity index (χ1v) is 16.9. The molecule has 6 aromatic carbocycles. The third-order valence-corrected chi connectivity index (χ3v) is 9.24. The van der Waals surface area contributed by atoms with E-state index >= 15 is 0 Å². The molecule has 50 heavy (non-hydrogen) atoms.